The van der Waals surface area contributed by atoms with Crippen LogP contribution >= 0.6 is 23.2 Å². The maximum atomic E-state index is 14.0. The van der Waals surface area contributed by atoms with Gasteiger partial charge in [-0.1, -0.05) is 79.0 Å². The van der Waals surface area contributed by atoms with Crippen molar-refractivity contribution >= 4 is 50.7 Å². The molecule has 1 atom stereocenters. The van der Waals surface area contributed by atoms with Crippen LogP contribution in [0.4, 0.5) is 5.69 Å². The number of nitrogens with zero attached hydrogens (tertiary/aromatic N) is 2. The second-order valence-corrected chi connectivity index (χ2v) is 13.6. The van der Waals surface area contributed by atoms with Crippen LogP contribution in [-0.2, 0) is 32.6 Å². The quantitative estimate of drug-likeness (QED) is 0.186. The van der Waals surface area contributed by atoms with Gasteiger partial charge in [0.1, 0.15) is 6.04 Å². The van der Waals surface area contributed by atoms with Gasteiger partial charge in [-0.3, -0.25) is 13.9 Å². The van der Waals surface area contributed by atoms with Crippen LogP contribution in [-0.4, -0.2) is 50.5 Å². The standard InChI is InChI=1S/C33H41Cl2N3O4S/c1-5-6-18-36-33(40)31(21-26-11-8-7-9-12-26)37(23-27-15-16-28(34)22-30(27)35)32(39)13-10-19-38(43(4,41)42)29-17-14-24(2)25(3)20-29/h7-9,11-12,14-17,20,22,31H,5-6,10,13,18-19,21,23H2,1-4H3,(H,36,40)/t31-/m0/s1. The molecule has 7 nitrogen and oxygen atoms in total. The third kappa shape index (κ3) is 10.3. The zero-order chi connectivity index (χ0) is 31.6. The molecular formula is C33H41Cl2N3O4S. The third-order valence-electron chi connectivity index (χ3n) is 7.39. The third-order valence-corrected chi connectivity index (χ3v) is 9.17. The summed E-state index contributed by atoms with van der Waals surface area (Å²) in [6, 6.07) is 19.3. The first-order valence-corrected chi connectivity index (χ1v) is 17.1. The van der Waals surface area contributed by atoms with Crippen LogP contribution in [0, 0.1) is 13.8 Å². The lowest BCUT2D eigenvalue weighted by Gasteiger charge is -2.32. The number of anilines is 1. The molecule has 3 rings (SSSR count). The van der Waals surface area contributed by atoms with Crippen molar-refractivity contribution in [2.45, 2.75) is 65.5 Å². The molecule has 0 spiro atoms. The van der Waals surface area contributed by atoms with Crippen molar-refractivity contribution in [1.82, 2.24) is 10.2 Å². The number of carbonyl (C=O) groups excluding carboxylic acids is 2. The van der Waals surface area contributed by atoms with Gasteiger partial charge in [-0.15, -0.1) is 0 Å². The van der Waals surface area contributed by atoms with Gasteiger partial charge in [0.25, 0.3) is 0 Å². The van der Waals surface area contributed by atoms with Crippen molar-refractivity contribution in [2.75, 3.05) is 23.7 Å². The van der Waals surface area contributed by atoms with E-state index in [1.165, 1.54) is 4.31 Å². The summed E-state index contributed by atoms with van der Waals surface area (Å²) in [6.07, 6.45) is 3.52. The number of halogens is 2. The molecule has 2 amide bonds. The van der Waals surface area contributed by atoms with Gasteiger partial charge in [0.15, 0.2) is 0 Å². The Morgan fingerprint density at radius 1 is 0.930 bits per heavy atom. The van der Waals surface area contributed by atoms with Crippen molar-refractivity contribution in [3.8, 4) is 0 Å². The highest BCUT2D eigenvalue weighted by Crippen LogP contribution is 2.26. The minimum absolute atomic E-state index is 0.0373. The average molecular weight is 647 g/mol. The number of hydrogen-bond donors (Lipinski definition) is 1. The summed E-state index contributed by atoms with van der Waals surface area (Å²) in [7, 11) is -3.59. The highest BCUT2D eigenvalue weighted by Gasteiger charge is 2.31. The van der Waals surface area contributed by atoms with Gasteiger partial charge in [-0.25, -0.2) is 8.42 Å². The Morgan fingerprint density at radius 3 is 2.28 bits per heavy atom. The van der Waals surface area contributed by atoms with E-state index >= 15 is 0 Å². The number of carbonyl (C=O) groups is 2. The maximum absolute atomic E-state index is 14.0. The molecule has 0 fully saturated rings. The van der Waals surface area contributed by atoms with Crippen LogP contribution in [0.5, 0.6) is 0 Å². The van der Waals surface area contributed by atoms with Crippen LogP contribution < -0.4 is 9.62 Å². The molecule has 0 aromatic heterocycles. The number of benzene rings is 3. The molecule has 0 aliphatic heterocycles. The lowest BCUT2D eigenvalue weighted by Crippen LogP contribution is -2.50. The fourth-order valence-electron chi connectivity index (χ4n) is 4.78. The molecule has 3 aromatic rings. The van der Waals surface area contributed by atoms with Gasteiger partial charge in [-0.05, 0) is 73.2 Å². The molecular weight excluding hydrogens is 605 g/mol. The lowest BCUT2D eigenvalue weighted by molar-refractivity contribution is -0.141. The number of unbranched alkanes of at least 4 members (excludes halogenated alkanes) is 1. The summed E-state index contributed by atoms with van der Waals surface area (Å²) in [6.45, 7) is 6.66. The van der Waals surface area contributed by atoms with E-state index in [0.717, 1.165) is 35.8 Å². The molecule has 0 radical (unpaired) electrons. The molecule has 10 heteroatoms. The Bertz CT molecular complexity index is 1500. The van der Waals surface area contributed by atoms with E-state index in [1.807, 2.05) is 63.2 Å². The van der Waals surface area contributed by atoms with Gasteiger partial charge in [0.05, 0.1) is 11.9 Å². The lowest BCUT2D eigenvalue weighted by atomic mass is 10.0. The van der Waals surface area contributed by atoms with E-state index in [2.05, 4.69) is 5.32 Å². The van der Waals surface area contributed by atoms with Crippen LogP contribution in [0.15, 0.2) is 66.7 Å². The number of hydrogen-bond acceptors (Lipinski definition) is 4. The fraction of sp³-hybridized carbons (Fsp3) is 0.394. The zero-order valence-electron chi connectivity index (χ0n) is 25.3. The molecule has 0 saturated carbocycles. The SMILES string of the molecule is CCCCNC(=O)[C@H](Cc1ccccc1)N(Cc1ccc(Cl)cc1Cl)C(=O)CCCN(c1ccc(C)c(C)c1)S(C)(=O)=O. The number of rotatable bonds is 15. The van der Waals surface area contributed by atoms with Gasteiger partial charge < -0.3 is 10.2 Å². The van der Waals surface area contributed by atoms with E-state index in [1.54, 1.807) is 29.2 Å². The van der Waals surface area contributed by atoms with Crippen LogP contribution in [0.3, 0.4) is 0 Å². The second kappa shape index (κ2) is 16.1. The fourth-order valence-corrected chi connectivity index (χ4v) is 6.20. The molecule has 232 valence electrons. The van der Waals surface area contributed by atoms with Gasteiger partial charge in [-0.2, -0.15) is 0 Å². The molecule has 0 saturated heterocycles. The Balaban J connectivity index is 1.90. The summed E-state index contributed by atoms with van der Waals surface area (Å²) >= 11 is 12.6. The Kier molecular flexibility index (Phi) is 12.9. The van der Waals surface area contributed by atoms with Gasteiger partial charge in [0.2, 0.25) is 21.8 Å². The van der Waals surface area contributed by atoms with E-state index in [9.17, 15) is 18.0 Å². The van der Waals surface area contributed by atoms with Crippen molar-refractivity contribution < 1.29 is 18.0 Å². The van der Waals surface area contributed by atoms with Crippen LogP contribution in [0.2, 0.25) is 10.0 Å². The van der Waals surface area contributed by atoms with Crippen LogP contribution in [0.25, 0.3) is 0 Å². The molecule has 0 aliphatic rings. The largest absolute Gasteiger partial charge is 0.354 e. The molecule has 0 bridgehead atoms. The first-order valence-electron chi connectivity index (χ1n) is 14.5. The van der Waals surface area contributed by atoms with Crippen molar-refractivity contribution in [2.24, 2.45) is 0 Å². The van der Waals surface area contributed by atoms with E-state index in [0.29, 0.717) is 34.3 Å². The van der Waals surface area contributed by atoms with Crippen molar-refractivity contribution in [3.63, 3.8) is 0 Å². The highest BCUT2D eigenvalue weighted by molar-refractivity contribution is 7.92. The van der Waals surface area contributed by atoms with E-state index < -0.39 is 16.1 Å². The number of aryl methyl sites for hydroxylation is 2. The Labute approximate surface area is 266 Å². The molecule has 0 aliphatic carbocycles. The minimum Gasteiger partial charge on any atom is -0.354 e. The first kappa shape index (κ1) is 34.4. The van der Waals surface area contributed by atoms with Gasteiger partial charge >= 0.3 is 0 Å². The minimum atomic E-state index is -3.59. The summed E-state index contributed by atoms with van der Waals surface area (Å²) in [5.41, 5.74) is 4.17. The molecule has 0 unspecified atom stereocenters. The van der Waals surface area contributed by atoms with E-state index in [-0.39, 0.29) is 37.7 Å². The average Bonchev–Trinajstić information content (AvgIpc) is 2.95. The van der Waals surface area contributed by atoms with Crippen molar-refractivity contribution in [3.05, 3.63) is 99.0 Å². The molecule has 0 heterocycles. The smallest absolute Gasteiger partial charge is 0.243 e. The highest BCUT2D eigenvalue weighted by atomic mass is 35.5. The number of amides is 2. The predicted molar refractivity (Wildman–Crippen MR) is 176 cm³/mol. The van der Waals surface area contributed by atoms with Crippen LogP contribution in [0.1, 0.15) is 54.9 Å². The Hall–Kier alpha value is -3.07. The summed E-state index contributed by atoms with van der Waals surface area (Å²) < 4.78 is 26.8. The summed E-state index contributed by atoms with van der Waals surface area (Å²) in [5.74, 6) is -0.519. The predicted octanol–water partition coefficient (Wildman–Crippen LogP) is 6.71. The van der Waals surface area contributed by atoms with E-state index in [4.69, 9.17) is 23.2 Å². The number of nitrogens with one attached hydrogen (secondary N) is 1. The Morgan fingerprint density at radius 2 is 1.65 bits per heavy atom. The molecule has 3 aromatic carbocycles. The summed E-state index contributed by atoms with van der Waals surface area (Å²) in [5, 5.41) is 3.87. The van der Waals surface area contributed by atoms with Crippen molar-refractivity contribution in [1.29, 1.82) is 0 Å². The monoisotopic (exact) mass is 645 g/mol. The zero-order valence-corrected chi connectivity index (χ0v) is 27.6. The van der Waals surface area contributed by atoms with Gasteiger partial charge in [0, 0.05) is 42.5 Å². The maximum Gasteiger partial charge on any atom is 0.243 e. The summed E-state index contributed by atoms with van der Waals surface area (Å²) in [4.78, 5) is 29.1. The second-order valence-electron chi connectivity index (χ2n) is 10.8. The molecule has 43 heavy (non-hydrogen) atoms. The first-order chi connectivity index (χ1) is 20.4. The number of sulfonamides is 1. The topological polar surface area (TPSA) is 86.8 Å². The molecule has 1 N–H and O–H groups in total. The normalized spacial score (nSPS) is 12.0.